The molecule has 0 spiro atoms. The fourth-order valence-corrected chi connectivity index (χ4v) is 4.31. The third-order valence-corrected chi connectivity index (χ3v) is 5.70. The maximum Gasteiger partial charge on any atom is 0.475 e. The van der Waals surface area contributed by atoms with Crippen LogP contribution >= 0.6 is 7.82 Å². The van der Waals surface area contributed by atoms with Crippen LogP contribution in [-0.2, 0) is 27.7 Å². The summed E-state index contributed by atoms with van der Waals surface area (Å²) in [6.45, 7) is 5.81. The van der Waals surface area contributed by atoms with Gasteiger partial charge in [0.2, 0.25) is 0 Å². The van der Waals surface area contributed by atoms with E-state index in [-0.39, 0.29) is 25.7 Å². The smallest absolute Gasteiger partial charge is 0.463 e. The van der Waals surface area contributed by atoms with Crippen LogP contribution in [0.15, 0.2) is 42.0 Å². The first kappa shape index (κ1) is 20.8. The van der Waals surface area contributed by atoms with Gasteiger partial charge in [0.05, 0.1) is 25.4 Å². The molecule has 1 aromatic rings. The van der Waals surface area contributed by atoms with Gasteiger partial charge in [0.25, 0.3) is 0 Å². The minimum Gasteiger partial charge on any atom is -0.463 e. The first-order chi connectivity index (χ1) is 12.5. The minimum atomic E-state index is -3.72. The Labute approximate surface area is 155 Å². The fraction of sp³-hybridized carbons (Fsp3) is 0.526. The second-order valence-electron chi connectivity index (χ2n) is 5.81. The van der Waals surface area contributed by atoms with Crippen molar-refractivity contribution in [3.05, 3.63) is 47.5 Å². The van der Waals surface area contributed by atoms with E-state index in [0.29, 0.717) is 12.0 Å². The van der Waals surface area contributed by atoms with Gasteiger partial charge in [-0.2, -0.15) is 0 Å². The molecule has 0 radical (unpaired) electrons. The zero-order valence-corrected chi connectivity index (χ0v) is 16.4. The Morgan fingerprint density at radius 3 is 2.27 bits per heavy atom. The van der Waals surface area contributed by atoms with Gasteiger partial charge in [-0.1, -0.05) is 36.4 Å². The van der Waals surface area contributed by atoms with Crippen molar-refractivity contribution in [1.82, 2.24) is 0 Å². The van der Waals surface area contributed by atoms with E-state index in [4.69, 9.17) is 18.3 Å². The molecule has 1 aliphatic carbocycles. The number of esters is 1. The maximum atomic E-state index is 12.7. The standard InChI is InChI=1S/C19H27O6P/c1-4-22-19(20)17-14-16(15-10-8-7-9-11-15)12-13-18(17)25-26(21,23-5-2)24-6-3/h7-11,14,16,18H,4-6,12-13H2,1-3H3/t16-,18-/m0/s1. The molecule has 2 atom stereocenters. The highest BCUT2D eigenvalue weighted by molar-refractivity contribution is 7.48. The average molecular weight is 382 g/mol. The molecule has 0 saturated carbocycles. The highest BCUT2D eigenvalue weighted by Gasteiger charge is 2.37. The summed E-state index contributed by atoms with van der Waals surface area (Å²) in [5, 5.41) is 0. The first-order valence-corrected chi connectivity index (χ1v) is 10.5. The summed E-state index contributed by atoms with van der Waals surface area (Å²) in [5.74, 6) is -0.383. The number of allylic oxidation sites excluding steroid dienone is 1. The number of carbonyl (C=O) groups is 1. The maximum absolute atomic E-state index is 12.7. The lowest BCUT2D eigenvalue weighted by molar-refractivity contribution is -0.139. The van der Waals surface area contributed by atoms with Crippen LogP contribution in [-0.4, -0.2) is 31.9 Å². The average Bonchev–Trinajstić information content (AvgIpc) is 2.63. The molecule has 2 rings (SSSR count). The van der Waals surface area contributed by atoms with Crippen LogP contribution in [0.4, 0.5) is 0 Å². The van der Waals surface area contributed by atoms with Crippen molar-refractivity contribution in [1.29, 1.82) is 0 Å². The summed E-state index contributed by atoms with van der Waals surface area (Å²) in [5.41, 5.74) is 1.48. The van der Waals surface area contributed by atoms with Gasteiger partial charge in [0.15, 0.2) is 0 Å². The summed E-state index contributed by atoms with van der Waals surface area (Å²) in [7, 11) is -3.72. The molecule has 26 heavy (non-hydrogen) atoms. The zero-order valence-electron chi connectivity index (χ0n) is 15.6. The van der Waals surface area contributed by atoms with Crippen molar-refractivity contribution >= 4 is 13.8 Å². The van der Waals surface area contributed by atoms with E-state index in [1.165, 1.54) is 0 Å². The van der Waals surface area contributed by atoms with E-state index in [1.807, 2.05) is 36.4 Å². The van der Waals surface area contributed by atoms with E-state index in [2.05, 4.69) is 0 Å². The number of rotatable bonds is 9. The van der Waals surface area contributed by atoms with Crippen LogP contribution < -0.4 is 0 Å². The van der Waals surface area contributed by atoms with Crippen molar-refractivity contribution in [2.45, 2.75) is 45.6 Å². The number of phosphoric ester groups is 1. The van der Waals surface area contributed by atoms with Gasteiger partial charge in [-0.3, -0.25) is 13.6 Å². The fourth-order valence-electron chi connectivity index (χ4n) is 2.95. The quantitative estimate of drug-likeness (QED) is 0.458. The van der Waals surface area contributed by atoms with Gasteiger partial charge < -0.3 is 4.74 Å². The molecule has 0 N–H and O–H groups in total. The summed E-state index contributed by atoms with van der Waals surface area (Å²) in [6, 6.07) is 9.93. The van der Waals surface area contributed by atoms with Crippen molar-refractivity contribution < 1.29 is 27.7 Å². The van der Waals surface area contributed by atoms with E-state index >= 15 is 0 Å². The topological polar surface area (TPSA) is 71.1 Å². The number of hydrogen-bond acceptors (Lipinski definition) is 6. The monoisotopic (exact) mass is 382 g/mol. The van der Waals surface area contributed by atoms with E-state index in [9.17, 15) is 9.36 Å². The number of carbonyl (C=O) groups excluding carboxylic acids is 1. The van der Waals surface area contributed by atoms with E-state index in [1.54, 1.807) is 20.8 Å². The summed E-state index contributed by atoms with van der Waals surface area (Å²) in [6.07, 6.45) is 2.45. The van der Waals surface area contributed by atoms with Crippen LogP contribution in [0.25, 0.3) is 0 Å². The van der Waals surface area contributed by atoms with Crippen LogP contribution in [0, 0.1) is 0 Å². The van der Waals surface area contributed by atoms with Crippen LogP contribution in [0.1, 0.15) is 45.1 Å². The van der Waals surface area contributed by atoms with Gasteiger partial charge >= 0.3 is 13.8 Å². The molecule has 0 aliphatic heterocycles. The van der Waals surface area contributed by atoms with Gasteiger partial charge in [0, 0.05) is 5.92 Å². The zero-order chi connectivity index (χ0) is 19.0. The first-order valence-electron chi connectivity index (χ1n) is 9.04. The Bertz CT molecular complexity index is 647. The molecule has 0 aromatic heterocycles. The molecule has 0 bridgehead atoms. The predicted octanol–water partition coefficient (Wildman–Crippen LogP) is 4.62. The van der Waals surface area contributed by atoms with Gasteiger partial charge in [-0.05, 0) is 39.2 Å². The number of phosphoric acid groups is 1. The molecular weight excluding hydrogens is 355 g/mol. The van der Waals surface area contributed by atoms with Gasteiger partial charge in [0.1, 0.15) is 6.10 Å². The Morgan fingerprint density at radius 2 is 1.69 bits per heavy atom. The Morgan fingerprint density at radius 1 is 1.04 bits per heavy atom. The lowest BCUT2D eigenvalue weighted by Crippen LogP contribution is -2.27. The van der Waals surface area contributed by atoms with E-state index in [0.717, 1.165) is 12.0 Å². The second kappa shape index (κ2) is 10.0. The molecular formula is C19H27O6P. The Balaban J connectivity index is 2.27. The third-order valence-electron chi connectivity index (χ3n) is 4.04. The second-order valence-corrected chi connectivity index (χ2v) is 7.44. The molecule has 0 amide bonds. The third kappa shape index (κ3) is 5.52. The highest BCUT2D eigenvalue weighted by atomic mass is 31.2. The van der Waals surface area contributed by atoms with Crippen LogP contribution in [0.2, 0.25) is 0 Å². The predicted molar refractivity (Wildman–Crippen MR) is 98.9 cm³/mol. The molecule has 1 aromatic carbocycles. The molecule has 144 valence electrons. The largest absolute Gasteiger partial charge is 0.475 e. The SMILES string of the molecule is CCOC(=O)C1=C[C@@H](c2ccccc2)CC[C@@H]1OP(=O)(OCC)OCC. The summed E-state index contributed by atoms with van der Waals surface area (Å²) >= 11 is 0. The molecule has 7 heteroatoms. The molecule has 0 fully saturated rings. The van der Waals surface area contributed by atoms with Crippen LogP contribution in [0.3, 0.4) is 0 Å². The number of benzene rings is 1. The van der Waals surface area contributed by atoms with Crippen molar-refractivity contribution in [2.24, 2.45) is 0 Å². The minimum absolute atomic E-state index is 0.0778. The lowest BCUT2D eigenvalue weighted by Gasteiger charge is -2.30. The highest BCUT2D eigenvalue weighted by Crippen LogP contribution is 2.52. The summed E-state index contributed by atoms with van der Waals surface area (Å²) in [4.78, 5) is 12.4. The van der Waals surface area contributed by atoms with Gasteiger partial charge in [-0.25, -0.2) is 9.36 Å². The number of ether oxygens (including phenoxy) is 1. The van der Waals surface area contributed by atoms with Crippen molar-refractivity contribution in [3.63, 3.8) is 0 Å². The van der Waals surface area contributed by atoms with Gasteiger partial charge in [-0.15, -0.1) is 0 Å². The number of hydrogen-bond donors (Lipinski definition) is 0. The van der Waals surface area contributed by atoms with E-state index < -0.39 is 19.9 Å². The van der Waals surface area contributed by atoms with Crippen molar-refractivity contribution in [2.75, 3.05) is 19.8 Å². The normalized spacial score (nSPS) is 20.5. The molecule has 1 aliphatic rings. The molecule has 6 nitrogen and oxygen atoms in total. The Kier molecular flexibility index (Phi) is 8.04. The molecule has 0 heterocycles. The molecule has 0 unspecified atom stereocenters. The Hall–Kier alpha value is -1.46. The lowest BCUT2D eigenvalue weighted by atomic mass is 9.84. The summed E-state index contributed by atoms with van der Waals surface area (Å²) < 4.78 is 34.0. The molecule has 0 saturated heterocycles. The van der Waals surface area contributed by atoms with Crippen LogP contribution in [0.5, 0.6) is 0 Å². The van der Waals surface area contributed by atoms with Crippen molar-refractivity contribution in [3.8, 4) is 0 Å².